The molecule has 0 fully saturated rings. The zero-order valence-electron chi connectivity index (χ0n) is 18.0. The zero-order chi connectivity index (χ0) is 25.0. The molecule has 0 radical (unpaired) electrons. The first-order chi connectivity index (χ1) is 16.7. The van der Waals surface area contributed by atoms with Gasteiger partial charge in [-0.25, -0.2) is 0 Å². The third kappa shape index (κ3) is 6.35. The van der Waals surface area contributed by atoms with Crippen LogP contribution in [0.4, 0.5) is 24.5 Å². The molecule has 4 aromatic rings. The van der Waals surface area contributed by atoms with Crippen LogP contribution in [-0.4, -0.2) is 17.6 Å². The van der Waals surface area contributed by atoms with E-state index in [-0.39, 0.29) is 22.4 Å². The Balaban J connectivity index is 1.34. The number of amides is 2. The van der Waals surface area contributed by atoms with E-state index >= 15 is 0 Å². The third-order valence-corrected chi connectivity index (χ3v) is 6.30. The van der Waals surface area contributed by atoms with Crippen molar-refractivity contribution >= 4 is 57.3 Å². The molecule has 9 heteroatoms. The molecule has 0 atom stereocenters. The van der Waals surface area contributed by atoms with Crippen LogP contribution in [0.15, 0.2) is 89.8 Å². The Morgan fingerprint density at radius 1 is 0.829 bits per heavy atom. The van der Waals surface area contributed by atoms with Crippen molar-refractivity contribution in [2.75, 3.05) is 16.4 Å². The summed E-state index contributed by atoms with van der Waals surface area (Å²) >= 11 is 6.82. The Labute approximate surface area is 208 Å². The first kappa shape index (κ1) is 24.6. The van der Waals surface area contributed by atoms with Crippen molar-refractivity contribution in [3.63, 3.8) is 0 Å². The van der Waals surface area contributed by atoms with Gasteiger partial charge >= 0.3 is 6.18 Å². The van der Waals surface area contributed by atoms with Gasteiger partial charge in [-0.15, -0.1) is 11.8 Å². The Hall–Kier alpha value is -3.49. The fourth-order valence-electron chi connectivity index (χ4n) is 3.36. The number of alkyl halides is 3. The summed E-state index contributed by atoms with van der Waals surface area (Å²) in [5, 5.41) is 7.05. The highest BCUT2D eigenvalue weighted by Crippen LogP contribution is 2.36. The average Bonchev–Trinajstić information content (AvgIpc) is 2.83. The van der Waals surface area contributed by atoms with E-state index in [0.29, 0.717) is 11.3 Å². The van der Waals surface area contributed by atoms with Gasteiger partial charge in [0, 0.05) is 21.2 Å². The largest absolute Gasteiger partial charge is 0.418 e. The van der Waals surface area contributed by atoms with Gasteiger partial charge in [0.15, 0.2) is 0 Å². The molecule has 2 N–H and O–H groups in total. The monoisotopic (exact) mass is 514 g/mol. The average molecular weight is 515 g/mol. The minimum Gasteiger partial charge on any atom is -0.325 e. The van der Waals surface area contributed by atoms with Gasteiger partial charge in [0.2, 0.25) is 5.91 Å². The van der Waals surface area contributed by atoms with Gasteiger partial charge in [0.1, 0.15) is 0 Å². The molecular weight excluding hydrogens is 497 g/mol. The summed E-state index contributed by atoms with van der Waals surface area (Å²) in [5.41, 5.74) is -0.249. The van der Waals surface area contributed by atoms with Crippen LogP contribution in [0.25, 0.3) is 10.8 Å². The number of rotatable bonds is 6. The summed E-state index contributed by atoms with van der Waals surface area (Å²) in [5.74, 6) is -0.932. The van der Waals surface area contributed by atoms with Gasteiger partial charge in [0.25, 0.3) is 5.91 Å². The van der Waals surface area contributed by atoms with Crippen LogP contribution < -0.4 is 10.6 Å². The number of carbonyl (C=O) groups excluding carboxylic acids is 2. The van der Waals surface area contributed by atoms with Gasteiger partial charge < -0.3 is 10.6 Å². The minimum absolute atomic E-state index is 0.0718. The molecule has 0 saturated heterocycles. The number of anilines is 2. The van der Waals surface area contributed by atoms with Crippen molar-refractivity contribution in [2.45, 2.75) is 11.1 Å². The molecule has 0 spiro atoms. The molecule has 0 unspecified atom stereocenters. The highest BCUT2D eigenvalue weighted by molar-refractivity contribution is 8.00. The lowest BCUT2D eigenvalue weighted by molar-refractivity contribution is -0.137. The summed E-state index contributed by atoms with van der Waals surface area (Å²) in [6, 6.07) is 23.2. The van der Waals surface area contributed by atoms with Crippen LogP contribution in [0, 0.1) is 0 Å². The number of hydrogen-bond acceptors (Lipinski definition) is 3. The minimum atomic E-state index is -4.65. The lowest BCUT2D eigenvalue weighted by atomic mass is 10.1. The van der Waals surface area contributed by atoms with E-state index in [1.54, 1.807) is 30.3 Å². The number of thioether (sulfide) groups is 1. The third-order valence-electron chi connectivity index (χ3n) is 5.05. The zero-order valence-corrected chi connectivity index (χ0v) is 19.6. The number of benzene rings is 4. The first-order valence-electron chi connectivity index (χ1n) is 10.4. The van der Waals surface area contributed by atoms with Crippen LogP contribution in [0.3, 0.4) is 0 Å². The molecule has 4 aromatic carbocycles. The first-order valence-corrected chi connectivity index (χ1v) is 11.7. The van der Waals surface area contributed by atoms with Crippen molar-refractivity contribution in [1.29, 1.82) is 0 Å². The van der Waals surface area contributed by atoms with Gasteiger partial charge in [-0.3, -0.25) is 9.59 Å². The smallest absolute Gasteiger partial charge is 0.325 e. The molecule has 0 aliphatic heterocycles. The Kier molecular flexibility index (Phi) is 7.33. The molecule has 4 nitrogen and oxygen atoms in total. The molecule has 35 heavy (non-hydrogen) atoms. The van der Waals surface area contributed by atoms with Gasteiger partial charge in [-0.1, -0.05) is 41.9 Å². The maximum Gasteiger partial charge on any atom is 0.418 e. The van der Waals surface area contributed by atoms with Crippen LogP contribution in [0.5, 0.6) is 0 Å². The topological polar surface area (TPSA) is 58.2 Å². The molecule has 0 aromatic heterocycles. The molecule has 178 valence electrons. The van der Waals surface area contributed by atoms with Crippen LogP contribution in [0.2, 0.25) is 5.02 Å². The second-order valence-electron chi connectivity index (χ2n) is 7.56. The lowest BCUT2D eigenvalue weighted by Crippen LogP contribution is -2.18. The lowest BCUT2D eigenvalue weighted by Gasteiger charge is -2.14. The summed E-state index contributed by atoms with van der Waals surface area (Å²) in [6.07, 6.45) is -4.65. The maximum atomic E-state index is 13.2. The second kappa shape index (κ2) is 10.4. The van der Waals surface area contributed by atoms with Gasteiger partial charge in [-0.2, -0.15) is 13.2 Å². The molecule has 0 bridgehead atoms. The Morgan fingerprint density at radius 3 is 2.26 bits per heavy atom. The van der Waals surface area contributed by atoms with Gasteiger partial charge in [0.05, 0.1) is 17.0 Å². The summed E-state index contributed by atoms with van der Waals surface area (Å²) in [7, 11) is 0. The normalized spacial score (nSPS) is 11.3. The number of nitrogens with one attached hydrogen (secondary N) is 2. The van der Waals surface area contributed by atoms with Crippen molar-refractivity contribution in [3.05, 3.63) is 101 Å². The van der Waals surface area contributed by atoms with E-state index in [1.165, 1.54) is 6.07 Å². The quantitative estimate of drug-likeness (QED) is 0.262. The predicted molar refractivity (Wildman–Crippen MR) is 134 cm³/mol. The van der Waals surface area contributed by atoms with Crippen molar-refractivity contribution in [2.24, 2.45) is 0 Å². The summed E-state index contributed by atoms with van der Waals surface area (Å²) < 4.78 is 39.6. The van der Waals surface area contributed by atoms with Crippen LogP contribution in [-0.2, 0) is 11.0 Å². The fourth-order valence-corrected chi connectivity index (χ4v) is 4.23. The SMILES string of the molecule is O=C(CSc1ccc(NC(=O)c2ccc3ccccc3c2)cc1)Nc1ccc(Cl)cc1C(F)(F)F. The van der Waals surface area contributed by atoms with E-state index in [4.69, 9.17) is 11.6 Å². The van der Waals surface area contributed by atoms with E-state index in [0.717, 1.165) is 39.6 Å². The van der Waals surface area contributed by atoms with E-state index in [1.807, 2.05) is 36.4 Å². The van der Waals surface area contributed by atoms with Crippen molar-refractivity contribution in [1.82, 2.24) is 0 Å². The fraction of sp³-hybridized carbons (Fsp3) is 0.0769. The summed E-state index contributed by atoms with van der Waals surface area (Å²) in [6.45, 7) is 0. The molecule has 0 heterocycles. The second-order valence-corrected chi connectivity index (χ2v) is 9.05. The Morgan fingerprint density at radius 2 is 1.54 bits per heavy atom. The molecule has 0 aliphatic rings. The molecule has 2 amide bonds. The number of halogens is 4. The number of hydrogen-bond donors (Lipinski definition) is 2. The predicted octanol–water partition coefficient (Wildman–Crippen LogP) is 7.50. The molecular formula is C26H18ClF3N2O2S. The van der Waals surface area contributed by atoms with Crippen LogP contribution in [0.1, 0.15) is 15.9 Å². The van der Waals surface area contributed by atoms with E-state index in [2.05, 4.69) is 10.6 Å². The number of carbonyl (C=O) groups is 2. The number of fused-ring (bicyclic) bond motifs is 1. The molecule has 0 saturated carbocycles. The van der Waals surface area contributed by atoms with Crippen molar-refractivity contribution < 1.29 is 22.8 Å². The van der Waals surface area contributed by atoms with Crippen LogP contribution >= 0.6 is 23.4 Å². The standard InChI is InChI=1S/C26H18ClF3N2O2S/c27-19-7-12-23(22(14-19)26(28,29)30)32-24(33)15-35-21-10-8-20(9-11-21)31-25(34)18-6-5-16-3-1-2-4-17(16)13-18/h1-14H,15H2,(H,31,34)(H,32,33). The molecule has 0 aliphatic carbocycles. The highest BCUT2D eigenvalue weighted by atomic mass is 35.5. The van der Waals surface area contributed by atoms with Gasteiger partial charge in [-0.05, 0) is 65.4 Å². The molecule has 4 rings (SSSR count). The summed E-state index contributed by atoms with van der Waals surface area (Å²) in [4.78, 5) is 25.5. The van der Waals surface area contributed by atoms with E-state index in [9.17, 15) is 22.8 Å². The highest BCUT2D eigenvalue weighted by Gasteiger charge is 2.34. The Bertz CT molecular complexity index is 1390. The van der Waals surface area contributed by atoms with Crippen molar-refractivity contribution in [3.8, 4) is 0 Å². The maximum absolute atomic E-state index is 13.2. The van der Waals surface area contributed by atoms with E-state index < -0.39 is 17.6 Å².